The van der Waals surface area contributed by atoms with E-state index in [1.165, 1.54) is 23.5 Å². The van der Waals surface area contributed by atoms with E-state index in [2.05, 4.69) is 20.3 Å². The van der Waals surface area contributed by atoms with E-state index < -0.39 is 11.9 Å². The first-order chi connectivity index (χ1) is 16.5. The number of anilines is 1. The van der Waals surface area contributed by atoms with E-state index >= 15 is 0 Å². The monoisotopic (exact) mass is 457 g/mol. The molecule has 0 saturated heterocycles. The van der Waals surface area contributed by atoms with Gasteiger partial charge < -0.3 is 24.8 Å². The third-order valence-electron chi connectivity index (χ3n) is 5.34. The first-order valence-electron chi connectivity index (χ1n) is 10.4. The number of para-hydroxylation sites is 1. The van der Waals surface area contributed by atoms with Crippen molar-refractivity contribution >= 4 is 28.4 Å². The number of hydrogen-bond acceptors (Lipinski definition) is 8. The van der Waals surface area contributed by atoms with Gasteiger partial charge in [0.25, 0.3) is 11.8 Å². The van der Waals surface area contributed by atoms with Crippen LogP contribution in [0.3, 0.4) is 0 Å². The molecule has 0 bridgehead atoms. The molecular formula is C24H19N5O5. The quantitative estimate of drug-likeness (QED) is 0.479. The second-order valence-electron chi connectivity index (χ2n) is 7.56. The van der Waals surface area contributed by atoms with Gasteiger partial charge in [-0.25, -0.2) is 9.97 Å². The number of rotatable bonds is 4. The molecule has 1 aliphatic rings. The van der Waals surface area contributed by atoms with Crippen molar-refractivity contribution in [2.75, 3.05) is 18.6 Å². The number of nitrogens with one attached hydrogen (secondary N) is 1. The molecule has 2 amide bonds. The van der Waals surface area contributed by atoms with Crippen molar-refractivity contribution in [2.45, 2.75) is 6.04 Å². The topological polar surface area (TPSA) is 127 Å². The number of carbonyl (C=O) groups excluding carboxylic acids is 2. The Morgan fingerprint density at radius 2 is 1.94 bits per heavy atom. The third-order valence-corrected chi connectivity index (χ3v) is 5.34. The minimum atomic E-state index is -0.965. The summed E-state index contributed by atoms with van der Waals surface area (Å²) in [5.74, 6) is 0.316. The van der Waals surface area contributed by atoms with Gasteiger partial charge in [0, 0.05) is 25.4 Å². The van der Waals surface area contributed by atoms with Gasteiger partial charge in [0.05, 0.1) is 16.6 Å². The summed E-state index contributed by atoms with van der Waals surface area (Å²) in [7, 11) is 1.56. The fourth-order valence-corrected chi connectivity index (χ4v) is 3.59. The lowest BCUT2D eigenvalue weighted by Gasteiger charge is -2.20. The number of nitrogens with zero attached hydrogens (tertiary/aromatic N) is 4. The van der Waals surface area contributed by atoms with Crippen LogP contribution in [0.4, 0.5) is 5.69 Å². The fourth-order valence-electron chi connectivity index (χ4n) is 3.59. The summed E-state index contributed by atoms with van der Waals surface area (Å²) >= 11 is 0. The average Bonchev–Trinajstić information content (AvgIpc) is 2.96. The predicted molar refractivity (Wildman–Crippen MR) is 122 cm³/mol. The molecule has 0 unspecified atom stereocenters. The van der Waals surface area contributed by atoms with Crippen LogP contribution in [0.5, 0.6) is 23.1 Å². The summed E-state index contributed by atoms with van der Waals surface area (Å²) in [6.07, 6.45) is 2.70. The summed E-state index contributed by atoms with van der Waals surface area (Å²) in [5.41, 5.74) is 0.987. The van der Waals surface area contributed by atoms with Gasteiger partial charge in [-0.15, -0.1) is 0 Å². The van der Waals surface area contributed by atoms with E-state index in [0.29, 0.717) is 33.8 Å². The van der Waals surface area contributed by atoms with E-state index in [-0.39, 0.29) is 24.1 Å². The molecule has 0 fully saturated rings. The molecule has 3 heterocycles. The molecule has 4 aromatic rings. The van der Waals surface area contributed by atoms with Crippen molar-refractivity contribution in [3.8, 4) is 23.1 Å². The number of pyridine rings is 1. The zero-order valence-electron chi connectivity index (χ0n) is 18.0. The van der Waals surface area contributed by atoms with Gasteiger partial charge in [0.2, 0.25) is 5.88 Å². The van der Waals surface area contributed by atoms with Gasteiger partial charge in [-0.05, 0) is 24.3 Å². The lowest BCUT2D eigenvalue weighted by molar-refractivity contribution is -0.120. The molecule has 1 atom stereocenters. The van der Waals surface area contributed by atoms with Gasteiger partial charge in [-0.3, -0.25) is 14.6 Å². The highest BCUT2D eigenvalue weighted by Crippen LogP contribution is 2.36. The number of ether oxygens (including phenoxy) is 2. The number of amides is 2. The molecule has 0 saturated carbocycles. The Labute approximate surface area is 193 Å². The second-order valence-corrected chi connectivity index (χ2v) is 7.56. The van der Waals surface area contributed by atoms with Crippen LogP contribution in [0, 0.1) is 0 Å². The molecule has 10 nitrogen and oxygen atoms in total. The number of hydrogen-bond donors (Lipinski definition) is 2. The maximum Gasteiger partial charge on any atom is 0.270 e. The van der Waals surface area contributed by atoms with Crippen LogP contribution in [0.25, 0.3) is 10.9 Å². The Bertz CT molecular complexity index is 1400. The van der Waals surface area contributed by atoms with E-state index in [1.54, 1.807) is 37.4 Å². The Balaban J connectivity index is 1.35. The highest BCUT2D eigenvalue weighted by molar-refractivity contribution is 6.04. The van der Waals surface area contributed by atoms with Gasteiger partial charge in [-0.2, -0.15) is 0 Å². The van der Waals surface area contributed by atoms with Gasteiger partial charge in [-0.1, -0.05) is 18.2 Å². The van der Waals surface area contributed by atoms with Crippen molar-refractivity contribution in [1.82, 2.24) is 20.3 Å². The van der Waals surface area contributed by atoms with E-state index in [9.17, 15) is 14.7 Å². The number of likely N-dealkylation sites (N-methyl/N-ethyl adjacent to an activating group) is 1. The Morgan fingerprint density at radius 1 is 1.12 bits per heavy atom. The smallest absolute Gasteiger partial charge is 0.270 e. The average molecular weight is 457 g/mol. The van der Waals surface area contributed by atoms with Crippen LogP contribution in [0.1, 0.15) is 10.5 Å². The molecule has 10 heteroatoms. The molecule has 0 spiro atoms. The summed E-state index contributed by atoms with van der Waals surface area (Å²) in [4.78, 5) is 39.3. The highest BCUT2D eigenvalue weighted by atomic mass is 16.5. The number of fused-ring (bicyclic) bond motifs is 2. The summed E-state index contributed by atoms with van der Waals surface area (Å²) < 4.78 is 11.6. The van der Waals surface area contributed by atoms with Gasteiger partial charge >= 0.3 is 0 Å². The van der Waals surface area contributed by atoms with E-state index in [4.69, 9.17) is 9.47 Å². The highest BCUT2D eigenvalue weighted by Gasteiger charge is 2.31. The van der Waals surface area contributed by atoms with Crippen LogP contribution in [-0.2, 0) is 4.79 Å². The normalized spacial score (nSPS) is 15.3. The number of aromatic hydroxyl groups is 1. The maximum absolute atomic E-state index is 13.1. The Hall–Kier alpha value is -4.73. The molecule has 0 aliphatic carbocycles. The van der Waals surface area contributed by atoms with Crippen molar-refractivity contribution in [2.24, 2.45) is 0 Å². The molecule has 0 radical (unpaired) electrons. The molecule has 2 aromatic heterocycles. The SMILES string of the molecule is CN1C(=O)[C@@H](NC(=O)c2cc(Oc3ccccc3)ccn2)COc2cc3ncnc(O)c3cc21. The second kappa shape index (κ2) is 8.66. The molecule has 1 aliphatic heterocycles. The molecule has 2 aromatic carbocycles. The molecule has 170 valence electrons. The first kappa shape index (κ1) is 21.1. The van der Waals surface area contributed by atoms with Crippen molar-refractivity contribution in [1.29, 1.82) is 0 Å². The predicted octanol–water partition coefficient (Wildman–Crippen LogP) is 2.68. The van der Waals surface area contributed by atoms with E-state index in [1.807, 2.05) is 18.2 Å². The lowest BCUT2D eigenvalue weighted by atomic mass is 10.2. The van der Waals surface area contributed by atoms with E-state index in [0.717, 1.165) is 0 Å². The lowest BCUT2D eigenvalue weighted by Crippen LogP contribution is -2.49. The largest absolute Gasteiger partial charge is 0.493 e. The van der Waals surface area contributed by atoms with Gasteiger partial charge in [0.15, 0.2) is 0 Å². The zero-order valence-corrected chi connectivity index (χ0v) is 18.0. The van der Waals surface area contributed by atoms with Gasteiger partial charge in [0.1, 0.15) is 41.9 Å². The molecule has 2 N–H and O–H groups in total. The fraction of sp³-hybridized carbons (Fsp3) is 0.125. The van der Waals surface area contributed by atoms with Crippen LogP contribution in [0.2, 0.25) is 0 Å². The molecular weight excluding hydrogens is 438 g/mol. The summed E-state index contributed by atoms with van der Waals surface area (Å²) in [5, 5.41) is 13.1. The Morgan fingerprint density at radius 3 is 2.76 bits per heavy atom. The third kappa shape index (κ3) is 4.04. The molecule has 5 rings (SSSR count). The van der Waals surface area contributed by atoms with Crippen molar-refractivity contribution in [3.05, 3.63) is 72.8 Å². The standard InChI is InChI=1S/C24H19N5O5/c1-29-20-10-16-17(26-13-27-22(16)30)11-21(20)33-12-19(24(29)32)28-23(31)18-9-15(7-8-25-18)34-14-5-3-2-4-6-14/h2-11,13,19H,12H2,1H3,(H,28,31)(H,26,27,30)/t19-/m0/s1. The summed E-state index contributed by atoms with van der Waals surface area (Å²) in [6, 6.07) is 14.5. The molecule has 34 heavy (non-hydrogen) atoms. The zero-order chi connectivity index (χ0) is 23.7. The van der Waals surface area contributed by atoms with Crippen LogP contribution < -0.4 is 19.7 Å². The van der Waals surface area contributed by atoms with Crippen molar-refractivity contribution < 1.29 is 24.2 Å². The minimum Gasteiger partial charge on any atom is -0.493 e. The van der Waals surface area contributed by atoms with Crippen molar-refractivity contribution in [3.63, 3.8) is 0 Å². The van der Waals surface area contributed by atoms with Crippen LogP contribution in [-0.4, -0.2) is 51.6 Å². The number of aromatic nitrogens is 3. The number of carbonyl (C=O) groups is 2. The minimum absolute atomic E-state index is 0.0926. The van der Waals surface area contributed by atoms with Crippen LogP contribution >= 0.6 is 0 Å². The Kier molecular flexibility index (Phi) is 5.38. The maximum atomic E-state index is 13.1. The summed E-state index contributed by atoms with van der Waals surface area (Å²) in [6.45, 7) is -0.0926. The van der Waals surface area contributed by atoms with Crippen LogP contribution in [0.15, 0.2) is 67.1 Å². The number of benzene rings is 2. The first-order valence-corrected chi connectivity index (χ1v) is 10.4.